The van der Waals surface area contributed by atoms with E-state index >= 15 is 0 Å². The van der Waals surface area contributed by atoms with E-state index in [2.05, 4.69) is 15.0 Å². The van der Waals surface area contributed by atoms with E-state index in [1.54, 1.807) is 20.4 Å². The lowest BCUT2D eigenvalue weighted by Gasteiger charge is -2.16. The van der Waals surface area contributed by atoms with Gasteiger partial charge in [-0.2, -0.15) is 0 Å². The number of aryl methyl sites for hydroxylation is 1. The number of para-hydroxylation sites is 1. The summed E-state index contributed by atoms with van der Waals surface area (Å²) in [5.74, 6) is 2.32. The molecular formula is C21H23N5O3. The lowest BCUT2D eigenvalue weighted by atomic mass is 10.2. The van der Waals surface area contributed by atoms with Gasteiger partial charge >= 0.3 is 0 Å². The zero-order valence-electron chi connectivity index (χ0n) is 16.7. The van der Waals surface area contributed by atoms with Crippen LogP contribution in [0, 0.1) is 6.92 Å². The fraction of sp³-hybridized carbons (Fsp3) is 0.238. The van der Waals surface area contributed by atoms with E-state index in [1.165, 1.54) is 0 Å². The summed E-state index contributed by atoms with van der Waals surface area (Å²) in [4.78, 5) is 18.4. The third-order valence-corrected chi connectivity index (χ3v) is 4.36. The predicted octanol–water partition coefficient (Wildman–Crippen LogP) is 3.85. The van der Waals surface area contributed by atoms with Crippen LogP contribution in [0.15, 0.2) is 42.6 Å². The first-order chi connectivity index (χ1) is 14.2. The number of pyridine rings is 1. The number of methoxy groups -OCH3 is 2. The second-order valence-electron chi connectivity index (χ2n) is 6.23. The molecule has 0 spiro atoms. The van der Waals surface area contributed by atoms with Gasteiger partial charge in [0.15, 0.2) is 17.1 Å². The zero-order valence-corrected chi connectivity index (χ0v) is 16.7. The second kappa shape index (κ2) is 7.75. The number of benzene rings is 1. The fourth-order valence-electron chi connectivity index (χ4n) is 3.14. The summed E-state index contributed by atoms with van der Waals surface area (Å²) in [6.45, 7) is 4.33. The van der Waals surface area contributed by atoms with Gasteiger partial charge in [-0.25, -0.2) is 19.9 Å². The van der Waals surface area contributed by atoms with Gasteiger partial charge in [-0.05, 0) is 32.0 Å². The number of ether oxygens (including phenoxy) is 3. The van der Waals surface area contributed by atoms with Crippen molar-refractivity contribution in [2.75, 3.05) is 20.8 Å². The molecule has 3 heterocycles. The van der Waals surface area contributed by atoms with Gasteiger partial charge in [0.2, 0.25) is 5.88 Å². The second-order valence-corrected chi connectivity index (χ2v) is 6.23. The summed E-state index contributed by atoms with van der Waals surface area (Å²) < 4.78 is 18.7. The van der Waals surface area contributed by atoms with Gasteiger partial charge in [-0.15, -0.1) is 0 Å². The average molecular weight is 393 g/mol. The van der Waals surface area contributed by atoms with Crippen molar-refractivity contribution in [3.8, 4) is 34.6 Å². The number of hydrogen-bond donors (Lipinski definition) is 0. The topological polar surface area (TPSA) is 84.2 Å². The van der Waals surface area contributed by atoms with E-state index in [4.69, 9.17) is 19.2 Å². The Morgan fingerprint density at radius 1 is 0.966 bits per heavy atom. The fourth-order valence-corrected chi connectivity index (χ4v) is 3.14. The van der Waals surface area contributed by atoms with Crippen LogP contribution in [0.1, 0.15) is 14.0 Å². The molecule has 0 saturated heterocycles. The van der Waals surface area contributed by atoms with Crippen LogP contribution >= 0.6 is 0 Å². The van der Waals surface area contributed by atoms with Crippen LogP contribution in [0.3, 0.4) is 0 Å². The average Bonchev–Trinajstić information content (AvgIpc) is 3.11. The summed E-state index contributed by atoms with van der Waals surface area (Å²) in [5.41, 5.74) is 3.17. The lowest BCUT2D eigenvalue weighted by molar-refractivity contribution is 0.327. The summed E-state index contributed by atoms with van der Waals surface area (Å²) in [5, 5.41) is 0. The molecular weight excluding hydrogens is 370 g/mol. The van der Waals surface area contributed by atoms with E-state index in [9.17, 15) is 0 Å². The van der Waals surface area contributed by atoms with Crippen LogP contribution in [0.25, 0.3) is 28.5 Å². The normalized spacial score (nSPS) is 10.9. The highest BCUT2D eigenvalue weighted by Gasteiger charge is 2.23. The summed E-state index contributed by atoms with van der Waals surface area (Å²) in [7, 11) is 3.23. The maximum absolute atomic E-state index is 5.62. The van der Waals surface area contributed by atoms with Gasteiger partial charge in [0.05, 0.1) is 32.7 Å². The highest BCUT2D eigenvalue weighted by atomic mass is 16.5. The van der Waals surface area contributed by atoms with Crippen LogP contribution in [-0.4, -0.2) is 45.3 Å². The molecule has 4 rings (SSSR count). The summed E-state index contributed by atoms with van der Waals surface area (Å²) >= 11 is 0. The maximum Gasteiger partial charge on any atom is 0.213 e. The van der Waals surface area contributed by atoms with Crippen molar-refractivity contribution in [3.63, 3.8) is 0 Å². The summed E-state index contributed by atoms with van der Waals surface area (Å²) in [6, 6.07) is 11.1. The molecule has 0 atom stereocenters. The van der Waals surface area contributed by atoms with Crippen LogP contribution in [-0.2, 0) is 0 Å². The molecule has 0 aliphatic heterocycles. The highest BCUT2D eigenvalue weighted by Crippen LogP contribution is 2.37. The maximum atomic E-state index is 5.62. The molecule has 1 aromatic carbocycles. The van der Waals surface area contributed by atoms with Crippen LogP contribution < -0.4 is 14.2 Å². The van der Waals surface area contributed by atoms with Crippen molar-refractivity contribution >= 4 is 11.3 Å². The first kappa shape index (κ1) is 18.7. The number of hydrogen-bond acceptors (Lipinski definition) is 7. The molecule has 29 heavy (non-hydrogen) atoms. The Balaban J connectivity index is 0.00000256. The Kier molecular flexibility index (Phi) is 4.99. The minimum atomic E-state index is 0. The van der Waals surface area contributed by atoms with E-state index in [-0.39, 0.29) is 1.43 Å². The van der Waals surface area contributed by atoms with Crippen LogP contribution in [0.5, 0.6) is 17.4 Å². The molecule has 0 saturated carbocycles. The first-order valence-electron chi connectivity index (χ1n) is 9.20. The Hall–Kier alpha value is -3.68. The quantitative estimate of drug-likeness (QED) is 0.492. The lowest BCUT2D eigenvalue weighted by Crippen LogP contribution is -2.05. The van der Waals surface area contributed by atoms with Crippen molar-refractivity contribution in [2.24, 2.45) is 0 Å². The van der Waals surface area contributed by atoms with Crippen molar-refractivity contribution in [2.45, 2.75) is 13.8 Å². The number of aromatic nitrogens is 5. The standard InChI is InChI=1S/C21H21N5O3.H2/c1-5-29-17-11-6-8-14(24-17)20-25-19-21(23-13(2)12-22-19)26(20)18-15(27-3)9-7-10-16(18)28-4;/h6-12H,5H2,1-4H3;1H. The third kappa shape index (κ3) is 3.33. The van der Waals surface area contributed by atoms with Gasteiger partial charge in [0, 0.05) is 7.49 Å². The molecule has 0 fully saturated rings. The molecule has 0 amide bonds. The van der Waals surface area contributed by atoms with E-state index < -0.39 is 0 Å². The van der Waals surface area contributed by atoms with Crippen LogP contribution in [0.4, 0.5) is 0 Å². The molecule has 0 unspecified atom stereocenters. The zero-order chi connectivity index (χ0) is 20.4. The van der Waals surface area contributed by atoms with Crippen molar-refractivity contribution in [3.05, 3.63) is 48.3 Å². The van der Waals surface area contributed by atoms with Gasteiger partial charge in [0.25, 0.3) is 0 Å². The van der Waals surface area contributed by atoms with Crippen molar-refractivity contribution in [1.29, 1.82) is 0 Å². The van der Waals surface area contributed by atoms with E-state index in [0.717, 1.165) is 5.69 Å². The monoisotopic (exact) mass is 393 g/mol. The summed E-state index contributed by atoms with van der Waals surface area (Å²) in [6.07, 6.45) is 1.69. The molecule has 0 bridgehead atoms. The molecule has 3 aromatic heterocycles. The van der Waals surface area contributed by atoms with E-state index in [1.807, 2.05) is 54.8 Å². The molecule has 0 aliphatic carbocycles. The van der Waals surface area contributed by atoms with Gasteiger partial charge < -0.3 is 14.2 Å². The number of imidazole rings is 1. The van der Waals surface area contributed by atoms with Crippen LogP contribution in [0.2, 0.25) is 0 Å². The molecule has 8 nitrogen and oxygen atoms in total. The van der Waals surface area contributed by atoms with Gasteiger partial charge in [-0.3, -0.25) is 4.57 Å². The smallest absolute Gasteiger partial charge is 0.213 e. The molecule has 150 valence electrons. The number of fused-ring (bicyclic) bond motifs is 1. The van der Waals surface area contributed by atoms with E-state index in [0.29, 0.717) is 52.5 Å². The molecule has 8 heteroatoms. The molecule has 0 aliphatic rings. The predicted molar refractivity (Wildman–Crippen MR) is 111 cm³/mol. The van der Waals surface area contributed by atoms with Gasteiger partial charge in [-0.1, -0.05) is 12.1 Å². The third-order valence-electron chi connectivity index (χ3n) is 4.36. The van der Waals surface area contributed by atoms with Crippen molar-refractivity contribution < 1.29 is 15.6 Å². The Labute approximate surface area is 169 Å². The van der Waals surface area contributed by atoms with Gasteiger partial charge in [0.1, 0.15) is 22.9 Å². The Bertz CT molecular complexity index is 1160. The molecule has 4 aromatic rings. The first-order valence-corrected chi connectivity index (χ1v) is 9.20. The number of rotatable bonds is 6. The molecule has 0 N–H and O–H groups in total. The SMILES string of the molecule is CCOc1cccc(-c2nc3ncc(C)nc3n2-c2c(OC)cccc2OC)n1.[HH]. The van der Waals surface area contributed by atoms with Crippen molar-refractivity contribution in [1.82, 2.24) is 24.5 Å². The largest absolute Gasteiger partial charge is 0.494 e. The molecule has 0 radical (unpaired) electrons. The number of nitrogens with zero attached hydrogens (tertiary/aromatic N) is 5. The minimum Gasteiger partial charge on any atom is -0.494 e. The minimum absolute atomic E-state index is 0. The Morgan fingerprint density at radius 3 is 2.38 bits per heavy atom. The highest BCUT2D eigenvalue weighted by molar-refractivity contribution is 5.79. The Morgan fingerprint density at radius 2 is 1.69 bits per heavy atom.